The number of hydrogen-bond donors (Lipinski definition) is 0. The second-order valence-electron chi connectivity index (χ2n) is 21.9. The van der Waals surface area contributed by atoms with Gasteiger partial charge in [-0.1, -0.05) is 247 Å². The molecule has 0 amide bonds. The van der Waals surface area contributed by atoms with Gasteiger partial charge in [0.25, 0.3) is 0 Å². The van der Waals surface area contributed by atoms with Gasteiger partial charge in [0.05, 0.1) is 33.5 Å². The Morgan fingerprint density at radius 2 is 0.897 bits per heavy atom. The summed E-state index contributed by atoms with van der Waals surface area (Å²) >= 11 is 9.70. The Labute approximate surface area is 518 Å². The molecule has 87 heavy (non-hydrogen) atoms. The maximum absolute atomic E-state index is 5.95. The number of benzene rings is 12. The van der Waals surface area contributed by atoms with E-state index in [-0.39, 0.29) is 12.7 Å². The van der Waals surface area contributed by atoms with E-state index in [1.807, 2.05) is 83.3 Å². The summed E-state index contributed by atoms with van der Waals surface area (Å²) in [4.78, 5) is 19.0. The lowest BCUT2D eigenvalue weighted by Gasteiger charge is -2.12. The van der Waals surface area contributed by atoms with Crippen LogP contribution in [0, 0.1) is 0 Å². The first-order valence-corrected chi connectivity index (χ1v) is 31.5. The lowest BCUT2D eigenvalue weighted by atomic mass is 9.99. The van der Waals surface area contributed by atoms with E-state index in [1.54, 1.807) is 0 Å². The summed E-state index contributed by atoms with van der Waals surface area (Å²) in [7, 11) is 0. The average molecular weight is 1180 g/mol. The third-order valence-electron chi connectivity index (χ3n) is 16.6. The molecule has 0 radical (unpaired) electrons. The number of nitrogens with zero attached hydrogens (tertiary/aromatic N) is 5. The summed E-state index contributed by atoms with van der Waals surface area (Å²) in [5.41, 5.74) is 13.8. The summed E-state index contributed by atoms with van der Waals surface area (Å²) in [6.07, 6.45) is 5.13. The molecule has 0 fully saturated rings. The largest absolute Gasteiger partial charge is 0.277 e. The molecule has 12 aromatic carbocycles. The van der Waals surface area contributed by atoms with Crippen molar-refractivity contribution in [2.24, 2.45) is 0 Å². The van der Waals surface area contributed by atoms with Crippen molar-refractivity contribution in [1.29, 1.82) is 0 Å². The summed E-state index contributed by atoms with van der Waals surface area (Å²) in [6, 6.07) is 90.0. The number of aromatic nitrogens is 5. The number of fused-ring (bicyclic) bond motifs is 18. The number of halogens is 1. The van der Waals surface area contributed by atoms with Crippen LogP contribution in [0.5, 0.6) is 0 Å². The SMILES string of the molecule is C.CCCCC.Clc1nc(-c2ccccc2)c2ccccc2n1.c1ccc(-c2nc(-n3c4cc5sc6ccccc6c5cc4c4ccc5ccccc5c43)nc3ccccc23)cc1.c1ccc2c3c(ccc2c1)-c1cc2c(cc1C3)sc1ccccc12. The summed E-state index contributed by atoms with van der Waals surface area (Å²) < 4.78 is 7.66. The molecule has 1 aliphatic carbocycles. The zero-order valence-corrected chi connectivity index (χ0v) is 49.9. The molecule has 0 saturated heterocycles. The molecule has 8 heteroatoms. The van der Waals surface area contributed by atoms with Gasteiger partial charge in [-0.2, -0.15) is 0 Å². The highest BCUT2D eigenvalue weighted by Gasteiger charge is 2.24. The highest BCUT2D eigenvalue weighted by molar-refractivity contribution is 7.26. The van der Waals surface area contributed by atoms with Crippen molar-refractivity contribution in [2.45, 2.75) is 47.0 Å². The molecule has 0 atom stereocenters. The fourth-order valence-corrected chi connectivity index (χ4v) is 15.0. The maximum atomic E-state index is 5.95. The Hall–Kier alpha value is -9.63. The fraction of sp³-hybridized carbons (Fsp3) is 0.0886. The highest BCUT2D eigenvalue weighted by Crippen LogP contribution is 2.46. The topological polar surface area (TPSA) is 56.5 Å². The molecule has 5 nitrogen and oxygen atoms in total. The van der Waals surface area contributed by atoms with Crippen molar-refractivity contribution in [3.05, 3.63) is 271 Å². The van der Waals surface area contributed by atoms with Gasteiger partial charge in [-0.3, -0.25) is 4.57 Å². The quantitative estimate of drug-likeness (QED) is 0.161. The van der Waals surface area contributed by atoms with E-state index in [4.69, 9.17) is 21.6 Å². The van der Waals surface area contributed by atoms with Crippen molar-refractivity contribution in [3.8, 4) is 39.6 Å². The summed E-state index contributed by atoms with van der Waals surface area (Å²) in [5.74, 6) is 0.689. The van der Waals surface area contributed by atoms with Gasteiger partial charge < -0.3 is 0 Å². The fourth-order valence-electron chi connectivity index (χ4n) is 12.6. The summed E-state index contributed by atoms with van der Waals surface area (Å²) in [6.45, 7) is 4.42. The van der Waals surface area contributed by atoms with E-state index in [1.165, 1.54) is 114 Å². The minimum absolute atomic E-state index is 0. The molecule has 420 valence electrons. The van der Waals surface area contributed by atoms with Crippen molar-refractivity contribution in [1.82, 2.24) is 24.5 Å². The Balaban J connectivity index is 0.000000120. The lowest BCUT2D eigenvalue weighted by molar-refractivity contribution is 0.772. The van der Waals surface area contributed by atoms with Gasteiger partial charge in [0, 0.05) is 78.4 Å². The first kappa shape index (κ1) is 55.3. The van der Waals surface area contributed by atoms with E-state index in [0.717, 1.165) is 61.8 Å². The van der Waals surface area contributed by atoms with Crippen LogP contribution in [0.4, 0.5) is 0 Å². The van der Waals surface area contributed by atoms with E-state index >= 15 is 0 Å². The van der Waals surface area contributed by atoms with Gasteiger partial charge in [0.2, 0.25) is 11.2 Å². The molecule has 1 aliphatic rings. The van der Waals surface area contributed by atoms with Crippen LogP contribution in [0.3, 0.4) is 0 Å². The van der Waals surface area contributed by atoms with Crippen molar-refractivity contribution in [3.63, 3.8) is 0 Å². The van der Waals surface area contributed by atoms with Crippen LogP contribution >= 0.6 is 34.3 Å². The first-order chi connectivity index (χ1) is 42.5. The molecule has 18 rings (SSSR count). The normalized spacial score (nSPS) is 11.6. The molecule has 0 unspecified atom stereocenters. The van der Waals surface area contributed by atoms with Crippen molar-refractivity contribution < 1.29 is 0 Å². The van der Waals surface area contributed by atoms with E-state index in [2.05, 4.69) is 223 Å². The average Bonchev–Trinajstić information content (AvgIpc) is 1.67. The van der Waals surface area contributed by atoms with Crippen LogP contribution in [0.2, 0.25) is 5.28 Å². The van der Waals surface area contributed by atoms with E-state index in [0.29, 0.717) is 5.95 Å². The third-order valence-corrected chi connectivity index (χ3v) is 19.1. The van der Waals surface area contributed by atoms with Gasteiger partial charge in [-0.25, -0.2) is 19.9 Å². The maximum Gasteiger partial charge on any atom is 0.235 e. The molecular formula is C79H60ClN5S2. The van der Waals surface area contributed by atoms with Crippen LogP contribution in [0.15, 0.2) is 255 Å². The number of rotatable bonds is 5. The molecule has 17 aromatic rings. The van der Waals surface area contributed by atoms with Crippen LogP contribution in [-0.2, 0) is 6.42 Å². The molecular weight excluding hydrogens is 1120 g/mol. The molecule has 5 aromatic heterocycles. The van der Waals surface area contributed by atoms with Crippen LogP contribution in [0.1, 0.15) is 51.7 Å². The van der Waals surface area contributed by atoms with Gasteiger partial charge >= 0.3 is 0 Å². The molecule has 5 heterocycles. The summed E-state index contributed by atoms with van der Waals surface area (Å²) in [5, 5.41) is 15.3. The van der Waals surface area contributed by atoms with Crippen molar-refractivity contribution >= 4 is 140 Å². The number of unbranched alkanes of at least 4 members (excludes halogenated alkanes) is 2. The minimum atomic E-state index is 0. The van der Waals surface area contributed by atoms with Gasteiger partial charge in [0.1, 0.15) is 0 Å². The van der Waals surface area contributed by atoms with Crippen LogP contribution in [-0.4, -0.2) is 24.5 Å². The zero-order chi connectivity index (χ0) is 57.7. The molecule has 0 aliphatic heterocycles. The lowest BCUT2D eigenvalue weighted by Crippen LogP contribution is -2.03. The molecule has 0 N–H and O–H groups in total. The first-order valence-electron chi connectivity index (χ1n) is 29.5. The van der Waals surface area contributed by atoms with Gasteiger partial charge in [-0.05, 0) is 105 Å². The predicted octanol–water partition coefficient (Wildman–Crippen LogP) is 23.5. The standard InChI is InChI=1S/C36H21N3S.C23H14S.C14H9ClN2.C5H12.CH4/c1-2-11-23(12-3-1)34-27-15-6-8-16-30(27)37-36(38-34)39-31-21-33-29(25-14-7-9-17-32(25)40-33)20-28(31)26-19-18-22-10-4-5-13-24(22)35(26)39;1-2-6-16-14(5-1)9-10-17-19-13-21-18-7-3-4-8-22(18)24-23(21)12-15(19)11-20(16)17;15-14-16-12-9-5-4-8-11(12)13(17-14)10-6-2-1-3-7-10;1-3-5-4-2;/h1-21H;1-10,12-13H,11H2;1-9H;3-5H2,1-2H3;1H4. The minimum Gasteiger partial charge on any atom is -0.277 e. The van der Waals surface area contributed by atoms with Crippen LogP contribution in [0.25, 0.3) is 145 Å². The molecule has 0 spiro atoms. The van der Waals surface area contributed by atoms with Gasteiger partial charge in [0.15, 0.2) is 0 Å². The Morgan fingerprint density at radius 1 is 0.391 bits per heavy atom. The molecule has 0 saturated carbocycles. The van der Waals surface area contributed by atoms with E-state index < -0.39 is 0 Å². The van der Waals surface area contributed by atoms with E-state index in [9.17, 15) is 0 Å². The monoisotopic (exact) mass is 1180 g/mol. The number of hydrogen-bond acceptors (Lipinski definition) is 6. The van der Waals surface area contributed by atoms with Crippen molar-refractivity contribution in [2.75, 3.05) is 0 Å². The van der Waals surface area contributed by atoms with Crippen LogP contribution < -0.4 is 0 Å². The second kappa shape index (κ2) is 23.7. The zero-order valence-electron chi connectivity index (χ0n) is 47.5. The second-order valence-corrected chi connectivity index (χ2v) is 24.4. The number of thiophene rings is 2. The Morgan fingerprint density at radius 3 is 1.53 bits per heavy atom. The highest BCUT2D eigenvalue weighted by atomic mass is 35.5. The van der Waals surface area contributed by atoms with Gasteiger partial charge in [-0.15, -0.1) is 22.7 Å². The molecule has 0 bridgehead atoms. The number of para-hydroxylation sites is 2. The smallest absolute Gasteiger partial charge is 0.235 e. The predicted molar refractivity (Wildman–Crippen MR) is 377 cm³/mol. The Kier molecular flexibility index (Phi) is 15.0. The Bertz CT molecular complexity index is 5410. The third kappa shape index (κ3) is 10.1.